The van der Waals surface area contributed by atoms with Crippen molar-refractivity contribution < 1.29 is 32.9 Å². The highest BCUT2D eigenvalue weighted by Crippen LogP contribution is 2.38. The molecule has 0 aromatic heterocycles. The Morgan fingerprint density at radius 1 is 1.27 bits per heavy atom. The van der Waals surface area contributed by atoms with Gasteiger partial charge in [0.1, 0.15) is 6.10 Å². The van der Waals surface area contributed by atoms with Crippen molar-refractivity contribution in [1.82, 2.24) is 15.5 Å². The largest absolute Gasteiger partial charge is 0.416 e. The van der Waals surface area contributed by atoms with Gasteiger partial charge in [0.2, 0.25) is 5.91 Å². The molecule has 33 heavy (non-hydrogen) atoms. The Bertz CT molecular complexity index is 883. The molecule has 2 heterocycles. The third-order valence-electron chi connectivity index (χ3n) is 6.46. The maximum absolute atomic E-state index is 13.3. The molecule has 4 N–H and O–H groups in total. The van der Waals surface area contributed by atoms with Crippen molar-refractivity contribution in [3.63, 3.8) is 0 Å². The molecular weight excluding hydrogens is 461 g/mol. The van der Waals surface area contributed by atoms with E-state index in [1.807, 2.05) is 0 Å². The van der Waals surface area contributed by atoms with Crippen LogP contribution in [0.1, 0.15) is 12.0 Å². The van der Waals surface area contributed by atoms with Gasteiger partial charge in [-0.05, 0) is 36.8 Å². The van der Waals surface area contributed by atoms with Gasteiger partial charge in [0.05, 0.1) is 42.9 Å². The summed E-state index contributed by atoms with van der Waals surface area (Å²) in [6.45, 7) is 3.84. The number of nitrogens with zero attached hydrogens (tertiary/aromatic N) is 2. The number of benzene rings is 1. The Kier molecular flexibility index (Phi) is 7.10. The standard InChI is InChI=1S/C21H27F3N4O4S/c22-21(23,24)12-2-1-3-13(10-12)28-17-14(11-15(29)18(30)16(17)26-20(28)33)19(31)25-4-5-27-6-8-32-9-7-27/h1-3,10,14-18,29-30H,4-9,11H2,(H,25,31)(H,26,33)/t14-,15-,16-,17+,18+/m1/s1. The van der Waals surface area contributed by atoms with Gasteiger partial charge < -0.3 is 30.5 Å². The molecule has 1 amide bonds. The summed E-state index contributed by atoms with van der Waals surface area (Å²) in [5, 5.41) is 26.8. The minimum Gasteiger partial charge on any atom is -0.390 e. The highest BCUT2D eigenvalue weighted by Gasteiger charge is 2.54. The third-order valence-corrected chi connectivity index (χ3v) is 6.78. The van der Waals surface area contributed by atoms with E-state index < -0.39 is 41.9 Å². The molecule has 0 bridgehead atoms. The van der Waals surface area contributed by atoms with E-state index in [2.05, 4.69) is 15.5 Å². The first-order valence-corrected chi connectivity index (χ1v) is 11.3. The smallest absolute Gasteiger partial charge is 0.390 e. The molecule has 8 nitrogen and oxygen atoms in total. The number of hydrogen-bond acceptors (Lipinski definition) is 6. The number of hydrogen-bond donors (Lipinski definition) is 4. The number of ether oxygens (including phenoxy) is 1. The number of aliphatic hydroxyl groups excluding tert-OH is 2. The molecule has 3 fully saturated rings. The van der Waals surface area contributed by atoms with E-state index in [0.29, 0.717) is 26.3 Å². The van der Waals surface area contributed by atoms with Gasteiger partial charge in [-0.25, -0.2) is 0 Å². The normalized spacial score (nSPS) is 30.6. The molecule has 1 aromatic rings. The van der Waals surface area contributed by atoms with Crippen LogP contribution in [0.25, 0.3) is 0 Å². The van der Waals surface area contributed by atoms with Gasteiger partial charge in [-0.3, -0.25) is 9.69 Å². The Hall–Kier alpha value is -1.99. The molecule has 0 unspecified atom stereocenters. The van der Waals surface area contributed by atoms with E-state index in [0.717, 1.165) is 25.2 Å². The summed E-state index contributed by atoms with van der Waals surface area (Å²) in [5.74, 6) is -1.13. The number of morpholine rings is 1. The summed E-state index contributed by atoms with van der Waals surface area (Å²) in [5.41, 5.74) is -0.668. The first-order valence-electron chi connectivity index (χ1n) is 10.9. The average molecular weight is 489 g/mol. The maximum atomic E-state index is 13.3. The predicted molar refractivity (Wildman–Crippen MR) is 118 cm³/mol. The van der Waals surface area contributed by atoms with Gasteiger partial charge in [-0.15, -0.1) is 0 Å². The molecule has 1 saturated carbocycles. The highest BCUT2D eigenvalue weighted by molar-refractivity contribution is 7.80. The maximum Gasteiger partial charge on any atom is 0.416 e. The topological polar surface area (TPSA) is 97.3 Å². The van der Waals surface area contributed by atoms with E-state index in [1.54, 1.807) is 0 Å². The van der Waals surface area contributed by atoms with Crippen molar-refractivity contribution in [2.75, 3.05) is 44.3 Å². The van der Waals surface area contributed by atoms with Crippen molar-refractivity contribution in [2.24, 2.45) is 5.92 Å². The number of alkyl halides is 3. The fraction of sp³-hybridized carbons (Fsp3) is 0.619. The van der Waals surface area contributed by atoms with Gasteiger partial charge in [-0.1, -0.05) is 6.07 Å². The Morgan fingerprint density at radius 2 is 2.00 bits per heavy atom. The third kappa shape index (κ3) is 5.09. The number of aliphatic hydroxyl groups is 2. The number of amides is 1. The Labute approximate surface area is 194 Å². The second-order valence-corrected chi connectivity index (χ2v) is 8.92. The Balaban J connectivity index is 1.54. The quantitative estimate of drug-likeness (QED) is 0.441. The van der Waals surface area contributed by atoms with Gasteiger partial charge in [0.15, 0.2) is 5.11 Å². The van der Waals surface area contributed by atoms with E-state index >= 15 is 0 Å². The molecular formula is C21H27F3N4O4S. The number of halogens is 3. The molecule has 2 aliphatic heterocycles. The highest BCUT2D eigenvalue weighted by atomic mass is 32.1. The van der Waals surface area contributed by atoms with Crippen molar-refractivity contribution >= 4 is 28.9 Å². The van der Waals surface area contributed by atoms with Crippen LogP contribution in [-0.4, -0.2) is 89.8 Å². The zero-order chi connectivity index (χ0) is 23.8. The molecule has 1 aromatic carbocycles. The lowest BCUT2D eigenvalue weighted by atomic mass is 9.77. The number of nitrogens with one attached hydrogen (secondary N) is 2. The first-order chi connectivity index (χ1) is 15.7. The zero-order valence-electron chi connectivity index (χ0n) is 17.8. The van der Waals surface area contributed by atoms with Crippen LogP contribution in [0.5, 0.6) is 0 Å². The number of thiocarbonyl (C=S) groups is 1. The molecule has 0 radical (unpaired) electrons. The number of carbonyl (C=O) groups excluding carboxylic acids is 1. The lowest BCUT2D eigenvalue weighted by Crippen LogP contribution is -2.61. The van der Waals surface area contributed by atoms with Crippen LogP contribution in [0.4, 0.5) is 18.9 Å². The van der Waals surface area contributed by atoms with E-state index in [4.69, 9.17) is 17.0 Å². The molecule has 5 atom stereocenters. The second kappa shape index (κ2) is 9.71. The molecule has 182 valence electrons. The molecule has 0 spiro atoms. The fourth-order valence-electron chi connectivity index (χ4n) is 4.77. The van der Waals surface area contributed by atoms with Crippen LogP contribution in [0.3, 0.4) is 0 Å². The minimum absolute atomic E-state index is 0.0362. The minimum atomic E-state index is -4.54. The van der Waals surface area contributed by atoms with Crippen LogP contribution in [0, 0.1) is 5.92 Å². The van der Waals surface area contributed by atoms with Crippen LogP contribution in [-0.2, 0) is 15.7 Å². The molecule has 3 aliphatic rings. The lowest BCUT2D eigenvalue weighted by molar-refractivity contribution is -0.137. The van der Waals surface area contributed by atoms with Gasteiger partial charge in [0, 0.05) is 31.9 Å². The number of anilines is 1. The summed E-state index contributed by atoms with van der Waals surface area (Å²) < 4.78 is 45.1. The Morgan fingerprint density at radius 3 is 2.70 bits per heavy atom. The van der Waals surface area contributed by atoms with Crippen molar-refractivity contribution in [1.29, 1.82) is 0 Å². The van der Waals surface area contributed by atoms with Crippen LogP contribution >= 0.6 is 12.2 Å². The SMILES string of the molecule is O=C(NCCN1CCOCC1)[C@@H]1C[C@@H](O)[C@H](O)[C@@H]2NC(=S)N(c3cccc(C(F)(F)F)c3)[C@H]21. The lowest BCUT2D eigenvalue weighted by Gasteiger charge is -2.41. The summed E-state index contributed by atoms with van der Waals surface area (Å²) in [6, 6.07) is 3.15. The average Bonchev–Trinajstić information content (AvgIpc) is 3.13. The summed E-state index contributed by atoms with van der Waals surface area (Å²) >= 11 is 5.37. The van der Waals surface area contributed by atoms with E-state index in [9.17, 15) is 28.2 Å². The van der Waals surface area contributed by atoms with Gasteiger partial charge >= 0.3 is 6.18 Å². The van der Waals surface area contributed by atoms with Gasteiger partial charge in [0.25, 0.3) is 0 Å². The fourth-order valence-corrected chi connectivity index (χ4v) is 5.13. The number of fused-ring (bicyclic) bond motifs is 1. The van der Waals surface area contributed by atoms with Crippen molar-refractivity contribution in [3.05, 3.63) is 29.8 Å². The van der Waals surface area contributed by atoms with Crippen LogP contribution < -0.4 is 15.5 Å². The van der Waals surface area contributed by atoms with Gasteiger partial charge in [-0.2, -0.15) is 13.2 Å². The molecule has 4 rings (SSSR count). The summed E-state index contributed by atoms with van der Waals surface area (Å²) in [7, 11) is 0. The van der Waals surface area contributed by atoms with Crippen molar-refractivity contribution in [3.8, 4) is 0 Å². The first kappa shape index (κ1) is 24.1. The molecule has 2 saturated heterocycles. The van der Waals surface area contributed by atoms with E-state index in [-0.39, 0.29) is 23.1 Å². The summed E-state index contributed by atoms with van der Waals surface area (Å²) in [4.78, 5) is 16.7. The predicted octanol–water partition coefficient (Wildman–Crippen LogP) is 0.327. The molecule has 1 aliphatic carbocycles. The van der Waals surface area contributed by atoms with Crippen LogP contribution in [0.15, 0.2) is 24.3 Å². The van der Waals surface area contributed by atoms with Crippen molar-refractivity contribution in [2.45, 2.75) is 36.9 Å². The summed E-state index contributed by atoms with van der Waals surface area (Å²) in [6.07, 6.45) is -6.96. The molecule has 12 heteroatoms. The second-order valence-electron chi connectivity index (χ2n) is 8.53. The monoisotopic (exact) mass is 488 g/mol. The van der Waals surface area contributed by atoms with Crippen LogP contribution in [0.2, 0.25) is 0 Å². The number of carbonyl (C=O) groups is 1. The van der Waals surface area contributed by atoms with E-state index in [1.165, 1.54) is 17.0 Å². The number of rotatable bonds is 5. The zero-order valence-corrected chi connectivity index (χ0v) is 18.6.